The fourth-order valence-corrected chi connectivity index (χ4v) is 0.666. The lowest BCUT2D eigenvalue weighted by atomic mass is 9.83. The van der Waals surface area contributed by atoms with Crippen LogP contribution in [0.4, 0.5) is 0 Å². The van der Waals surface area contributed by atoms with Gasteiger partial charge in [0.25, 0.3) is 0 Å². The van der Waals surface area contributed by atoms with Crippen LogP contribution in [0.3, 0.4) is 0 Å². The zero-order valence-corrected chi connectivity index (χ0v) is 6.68. The highest BCUT2D eigenvalue weighted by Gasteiger charge is 2.26. The average Bonchev–Trinajstić information content (AvgIpc) is 2.01. The Hall–Kier alpha value is -0.630. The first-order valence-corrected chi connectivity index (χ1v) is 3.47. The molecule has 58 valence electrons. The Labute approximate surface area is 62.1 Å². The van der Waals surface area contributed by atoms with Crippen molar-refractivity contribution in [1.82, 2.24) is 0 Å². The van der Waals surface area contributed by atoms with Gasteiger partial charge in [-0.1, -0.05) is 20.4 Å². The Morgan fingerprint density at radius 2 is 2.30 bits per heavy atom. The fourth-order valence-electron chi connectivity index (χ4n) is 0.666. The number of rotatable bonds is 4. The lowest BCUT2D eigenvalue weighted by Crippen LogP contribution is -2.33. The molecule has 1 atom stereocenters. The molecule has 10 heavy (non-hydrogen) atoms. The lowest BCUT2D eigenvalue weighted by Gasteiger charge is -2.22. The third-order valence-electron chi connectivity index (χ3n) is 2.01. The molecule has 2 heteroatoms. The van der Waals surface area contributed by atoms with Crippen molar-refractivity contribution in [2.45, 2.75) is 20.3 Å². The molecule has 0 aliphatic carbocycles. The number of carbonyl (C=O) groups excluding carboxylic acids is 1. The molecule has 0 aromatic carbocycles. The average molecular weight is 141 g/mol. The van der Waals surface area contributed by atoms with Crippen LogP contribution in [-0.4, -0.2) is 12.3 Å². The molecule has 0 aromatic heterocycles. The van der Waals surface area contributed by atoms with Crippen LogP contribution in [-0.2, 0) is 4.79 Å². The summed E-state index contributed by atoms with van der Waals surface area (Å²) in [5, 5.41) is 0. The predicted molar refractivity (Wildman–Crippen MR) is 42.7 cm³/mol. The Kier molecular flexibility index (Phi) is 3.30. The summed E-state index contributed by atoms with van der Waals surface area (Å²) in [7, 11) is 0. The van der Waals surface area contributed by atoms with Crippen molar-refractivity contribution >= 4 is 5.78 Å². The number of hydrogen-bond acceptors (Lipinski definition) is 2. The van der Waals surface area contributed by atoms with Crippen molar-refractivity contribution in [3.05, 3.63) is 12.7 Å². The van der Waals surface area contributed by atoms with Crippen molar-refractivity contribution < 1.29 is 4.79 Å². The van der Waals surface area contributed by atoms with E-state index < -0.39 is 0 Å². The summed E-state index contributed by atoms with van der Waals surface area (Å²) in [5.74, 6) is 0.0394. The van der Waals surface area contributed by atoms with E-state index in [1.165, 1.54) is 6.08 Å². The molecular weight excluding hydrogens is 126 g/mol. The predicted octanol–water partition coefficient (Wildman–Crippen LogP) is 1.12. The van der Waals surface area contributed by atoms with Crippen LogP contribution in [0.15, 0.2) is 12.7 Å². The largest absolute Gasteiger partial charge is 0.329 e. The van der Waals surface area contributed by atoms with Crippen molar-refractivity contribution in [3.63, 3.8) is 0 Å². The zero-order valence-electron chi connectivity index (χ0n) is 6.68. The van der Waals surface area contributed by atoms with Gasteiger partial charge in [0.05, 0.1) is 0 Å². The molecule has 0 aliphatic heterocycles. The van der Waals surface area contributed by atoms with Gasteiger partial charge in [-0.25, -0.2) is 0 Å². The van der Waals surface area contributed by atoms with E-state index in [1.807, 2.05) is 13.8 Å². The molecule has 0 saturated heterocycles. The van der Waals surface area contributed by atoms with Gasteiger partial charge >= 0.3 is 0 Å². The molecule has 0 amide bonds. The number of hydrogen-bond donors (Lipinski definition) is 1. The second-order valence-electron chi connectivity index (χ2n) is 2.69. The second kappa shape index (κ2) is 3.52. The van der Waals surface area contributed by atoms with Crippen molar-refractivity contribution in [2.75, 3.05) is 6.54 Å². The molecule has 0 heterocycles. The lowest BCUT2D eigenvalue weighted by molar-refractivity contribution is -0.122. The highest BCUT2D eigenvalue weighted by molar-refractivity contribution is 5.94. The van der Waals surface area contributed by atoms with Crippen LogP contribution in [0.1, 0.15) is 20.3 Å². The minimum absolute atomic E-state index is 0.0394. The maximum atomic E-state index is 11.1. The fraction of sp³-hybridized carbons (Fsp3) is 0.625. The van der Waals surface area contributed by atoms with E-state index >= 15 is 0 Å². The minimum Gasteiger partial charge on any atom is -0.329 e. The van der Waals surface area contributed by atoms with Crippen LogP contribution in [0.25, 0.3) is 0 Å². The standard InChI is InChI=1S/C8H15NO/c1-4-7(10)8(3,5-2)6-9/h4H,1,5-6,9H2,2-3H3. The van der Waals surface area contributed by atoms with E-state index in [1.54, 1.807) is 0 Å². The first-order valence-electron chi connectivity index (χ1n) is 3.47. The van der Waals surface area contributed by atoms with Gasteiger partial charge in [-0.3, -0.25) is 4.79 Å². The maximum Gasteiger partial charge on any atom is 0.162 e. The van der Waals surface area contributed by atoms with Crippen LogP contribution >= 0.6 is 0 Å². The van der Waals surface area contributed by atoms with Gasteiger partial charge in [0.2, 0.25) is 0 Å². The van der Waals surface area contributed by atoms with E-state index in [0.717, 1.165) is 6.42 Å². The molecule has 0 aliphatic rings. The van der Waals surface area contributed by atoms with Crippen molar-refractivity contribution in [2.24, 2.45) is 11.1 Å². The topological polar surface area (TPSA) is 43.1 Å². The Morgan fingerprint density at radius 3 is 2.40 bits per heavy atom. The molecule has 1 unspecified atom stereocenters. The summed E-state index contributed by atoms with van der Waals surface area (Å²) in [4.78, 5) is 11.1. The monoisotopic (exact) mass is 141 g/mol. The Bertz CT molecular complexity index is 136. The molecule has 0 saturated carbocycles. The summed E-state index contributed by atoms with van der Waals surface area (Å²) in [6.45, 7) is 7.63. The molecule has 0 radical (unpaired) electrons. The summed E-state index contributed by atoms with van der Waals surface area (Å²) in [5.41, 5.74) is 5.04. The first-order chi connectivity index (χ1) is 4.60. The van der Waals surface area contributed by atoms with Gasteiger partial charge in [0, 0.05) is 12.0 Å². The van der Waals surface area contributed by atoms with Gasteiger partial charge in [0.15, 0.2) is 5.78 Å². The zero-order chi connectivity index (χ0) is 8.20. The van der Waals surface area contributed by atoms with E-state index in [0.29, 0.717) is 6.54 Å². The quantitative estimate of drug-likeness (QED) is 0.596. The molecule has 2 N–H and O–H groups in total. The number of nitrogens with two attached hydrogens (primary N) is 1. The van der Waals surface area contributed by atoms with E-state index in [4.69, 9.17) is 5.73 Å². The van der Waals surface area contributed by atoms with Gasteiger partial charge in [-0.05, 0) is 12.5 Å². The number of ketones is 1. The van der Waals surface area contributed by atoms with Crippen LogP contribution in [0, 0.1) is 5.41 Å². The maximum absolute atomic E-state index is 11.1. The molecule has 2 nitrogen and oxygen atoms in total. The van der Waals surface area contributed by atoms with Gasteiger partial charge in [-0.15, -0.1) is 0 Å². The third kappa shape index (κ3) is 1.67. The van der Waals surface area contributed by atoms with Crippen LogP contribution in [0.5, 0.6) is 0 Å². The summed E-state index contributed by atoms with van der Waals surface area (Å²) in [6, 6.07) is 0. The Morgan fingerprint density at radius 1 is 1.80 bits per heavy atom. The molecule has 0 aromatic rings. The van der Waals surface area contributed by atoms with E-state index in [-0.39, 0.29) is 11.2 Å². The van der Waals surface area contributed by atoms with Gasteiger partial charge in [0.1, 0.15) is 0 Å². The summed E-state index contributed by atoms with van der Waals surface area (Å²) in [6.07, 6.45) is 2.12. The minimum atomic E-state index is -0.387. The van der Waals surface area contributed by atoms with E-state index in [2.05, 4.69) is 6.58 Å². The molecule has 0 rings (SSSR count). The van der Waals surface area contributed by atoms with Crippen molar-refractivity contribution in [3.8, 4) is 0 Å². The molecule has 0 spiro atoms. The highest BCUT2D eigenvalue weighted by atomic mass is 16.1. The molecule has 0 fully saturated rings. The number of carbonyl (C=O) groups is 1. The van der Waals surface area contributed by atoms with Crippen LogP contribution < -0.4 is 5.73 Å². The number of allylic oxidation sites excluding steroid dienone is 1. The van der Waals surface area contributed by atoms with Crippen molar-refractivity contribution in [1.29, 1.82) is 0 Å². The Balaban J connectivity index is 4.31. The first kappa shape index (κ1) is 9.37. The van der Waals surface area contributed by atoms with Gasteiger partial charge < -0.3 is 5.73 Å². The molecular formula is C8H15NO. The molecule has 0 bridgehead atoms. The summed E-state index contributed by atoms with van der Waals surface area (Å²) < 4.78 is 0. The summed E-state index contributed by atoms with van der Waals surface area (Å²) >= 11 is 0. The highest BCUT2D eigenvalue weighted by Crippen LogP contribution is 2.20. The smallest absolute Gasteiger partial charge is 0.162 e. The SMILES string of the molecule is C=CC(=O)C(C)(CC)CN. The normalized spacial score (nSPS) is 15.9. The van der Waals surface area contributed by atoms with Gasteiger partial charge in [-0.2, -0.15) is 0 Å². The second-order valence-corrected chi connectivity index (χ2v) is 2.69. The van der Waals surface area contributed by atoms with E-state index in [9.17, 15) is 4.79 Å². The van der Waals surface area contributed by atoms with Crippen LogP contribution in [0.2, 0.25) is 0 Å². The third-order valence-corrected chi connectivity index (χ3v) is 2.01.